The van der Waals surface area contributed by atoms with E-state index < -0.39 is 46.3 Å². The predicted octanol–water partition coefficient (Wildman–Crippen LogP) is 2.29. The summed E-state index contributed by atoms with van der Waals surface area (Å²) < 4.78 is 65.3. The van der Waals surface area contributed by atoms with Gasteiger partial charge in [0.15, 0.2) is 0 Å². The third kappa shape index (κ3) is 3.23. The number of hydrogen-bond donors (Lipinski definition) is 1. The fourth-order valence-corrected chi connectivity index (χ4v) is 3.34. The molecule has 0 amide bonds. The Morgan fingerprint density at radius 3 is 2.09 bits per heavy atom. The summed E-state index contributed by atoms with van der Waals surface area (Å²) in [5, 5.41) is 9.04. The normalized spacial score (nSPS) is 11.5. The van der Waals surface area contributed by atoms with E-state index >= 15 is 0 Å². The van der Waals surface area contributed by atoms with Crippen LogP contribution in [0.2, 0.25) is 0 Å². The lowest BCUT2D eigenvalue weighted by Gasteiger charge is -2.24. The third-order valence-corrected chi connectivity index (χ3v) is 4.71. The number of aliphatic hydroxyl groups excluding tert-OH is 1. The summed E-state index contributed by atoms with van der Waals surface area (Å²) in [7, 11) is -4.22. The second kappa shape index (κ2) is 6.37. The molecule has 0 aliphatic rings. The van der Waals surface area contributed by atoms with Gasteiger partial charge in [-0.15, -0.1) is 0 Å². The molecule has 2 rings (SSSR count). The first-order valence-corrected chi connectivity index (χ1v) is 7.64. The van der Waals surface area contributed by atoms with Gasteiger partial charge >= 0.3 is 0 Å². The molecule has 0 aliphatic carbocycles. The maximum Gasteiger partial charge on any atom is 0.264 e. The lowest BCUT2D eigenvalue weighted by Crippen LogP contribution is -2.34. The zero-order chi connectivity index (χ0) is 16.3. The van der Waals surface area contributed by atoms with Gasteiger partial charge in [0.25, 0.3) is 10.0 Å². The Balaban J connectivity index is 2.53. The van der Waals surface area contributed by atoms with Crippen LogP contribution in [0.15, 0.2) is 47.4 Å². The van der Waals surface area contributed by atoms with Gasteiger partial charge in [0.1, 0.15) is 17.5 Å². The summed E-state index contributed by atoms with van der Waals surface area (Å²) in [6.45, 7) is -1.00. The minimum absolute atomic E-state index is 0.272. The molecule has 0 bridgehead atoms. The van der Waals surface area contributed by atoms with Crippen molar-refractivity contribution < 1.29 is 26.7 Å². The van der Waals surface area contributed by atoms with Crippen LogP contribution in [0.1, 0.15) is 0 Å². The van der Waals surface area contributed by atoms with Crippen LogP contribution in [-0.4, -0.2) is 26.7 Å². The molecule has 0 spiro atoms. The second-order valence-electron chi connectivity index (χ2n) is 4.35. The molecule has 4 nitrogen and oxygen atoms in total. The molecule has 0 radical (unpaired) electrons. The molecule has 0 atom stereocenters. The quantitative estimate of drug-likeness (QED) is 0.914. The predicted molar refractivity (Wildman–Crippen MR) is 74.4 cm³/mol. The number of aliphatic hydroxyl groups is 1. The van der Waals surface area contributed by atoms with Crippen molar-refractivity contribution in [1.29, 1.82) is 0 Å². The van der Waals surface area contributed by atoms with Gasteiger partial charge in [0.2, 0.25) is 0 Å². The van der Waals surface area contributed by atoms with E-state index in [2.05, 4.69) is 0 Å². The summed E-state index contributed by atoms with van der Waals surface area (Å²) in [6.07, 6.45) is 0. The maximum absolute atomic E-state index is 13.8. The molecule has 118 valence electrons. The zero-order valence-corrected chi connectivity index (χ0v) is 12.0. The fourth-order valence-electron chi connectivity index (χ4n) is 1.88. The van der Waals surface area contributed by atoms with Gasteiger partial charge in [-0.25, -0.2) is 21.6 Å². The molecule has 1 N–H and O–H groups in total. The van der Waals surface area contributed by atoms with E-state index in [1.807, 2.05) is 0 Å². The molecule has 0 unspecified atom stereocenters. The molecule has 0 heterocycles. The van der Waals surface area contributed by atoms with Gasteiger partial charge < -0.3 is 5.11 Å². The van der Waals surface area contributed by atoms with Crippen molar-refractivity contribution in [2.75, 3.05) is 17.5 Å². The molecule has 0 saturated carbocycles. The first kappa shape index (κ1) is 16.3. The minimum Gasteiger partial charge on any atom is -0.394 e. The van der Waals surface area contributed by atoms with Gasteiger partial charge in [0.05, 0.1) is 23.7 Å². The number of sulfonamides is 1. The Kier molecular flexibility index (Phi) is 4.72. The Morgan fingerprint density at radius 2 is 1.55 bits per heavy atom. The van der Waals surface area contributed by atoms with Crippen LogP contribution in [0.3, 0.4) is 0 Å². The van der Waals surface area contributed by atoms with E-state index in [0.717, 1.165) is 36.4 Å². The topological polar surface area (TPSA) is 57.6 Å². The summed E-state index contributed by atoms with van der Waals surface area (Å²) in [4.78, 5) is -0.272. The smallest absolute Gasteiger partial charge is 0.264 e. The molecule has 2 aromatic carbocycles. The number of rotatable bonds is 5. The lowest BCUT2D eigenvalue weighted by molar-refractivity contribution is 0.306. The first-order chi connectivity index (χ1) is 10.4. The highest BCUT2D eigenvalue weighted by atomic mass is 32.2. The zero-order valence-electron chi connectivity index (χ0n) is 11.2. The Hall–Kier alpha value is -2.06. The molecule has 2 aromatic rings. The summed E-state index contributed by atoms with van der Waals surface area (Å²) in [5.41, 5.74) is -0.403. The van der Waals surface area contributed by atoms with Crippen LogP contribution in [-0.2, 0) is 10.0 Å². The van der Waals surface area contributed by atoms with Gasteiger partial charge in [-0.2, -0.15) is 0 Å². The van der Waals surface area contributed by atoms with Gasteiger partial charge in [0, 0.05) is 6.07 Å². The lowest BCUT2D eigenvalue weighted by atomic mass is 10.3. The van der Waals surface area contributed by atoms with Crippen molar-refractivity contribution in [3.8, 4) is 0 Å². The number of anilines is 1. The van der Waals surface area contributed by atoms with Crippen molar-refractivity contribution >= 4 is 15.7 Å². The molecule has 8 heteroatoms. The Morgan fingerprint density at radius 1 is 0.955 bits per heavy atom. The van der Waals surface area contributed by atoms with Crippen molar-refractivity contribution in [1.82, 2.24) is 0 Å². The molecule has 0 saturated heterocycles. The van der Waals surface area contributed by atoms with Gasteiger partial charge in [-0.05, 0) is 36.4 Å². The van der Waals surface area contributed by atoms with E-state index in [-0.39, 0.29) is 4.90 Å². The number of benzene rings is 2. The first-order valence-electron chi connectivity index (χ1n) is 6.20. The molecule has 0 fully saturated rings. The van der Waals surface area contributed by atoms with Gasteiger partial charge in [-0.1, -0.05) is 0 Å². The summed E-state index contributed by atoms with van der Waals surface area (Å²) in [6, 6.07) is 6.35. The SMILES string of the molecule is O=S(=O)(c1ccc(F)cc1)N(CCO)c1ccc(F)cc1F. The fraction of sp³-hybridized carbons (Fsp3) is 0.143. The Labute approximate surface area is 125 Å². The highest BCUT2D eigenvalue weighted by Gasteiger charge is 2.27. The maximum atomic E-state index is 13.8. The molecular weight excluding hydrogens is 319 g/mol. The van der Waals surface area contributed by atoms with Crippen molar-refractivity contribution in [3.63, 3.8) is 0 Å². The molecule has 0 aliphatic heterocycles. The third-order valence-electron chi connectivity index (χ3n) is 2.88. The Bertz CT molecular complexity index is 763. The molecule has 22 heavy (non-hydrogen) atoms. The van der Waals surface area contributed by atoms with Crippen LogP contribution in [0.4, 0.5) is 18.9 Å². The largest absolute Gasteiger partial charge is 0.394 e. The van der Waals surface area contributed by atoms with Crippen molar-refractivity contribution in [2.45, 2.75) is 4.90 Å². The summed E-state index contributed by atoms with van der Waals surface area (Å²) >= 11 is 0. The standard InChI is InChI=1S/C14H12F3NO3S/c15-10-1-4-12(5-2-10)22(20,21)18(7-8-19)14-6-3-11(16)9-13(14)17/h1-6,9,19H,7-8H2. The number of halogens is 3. The van der Waals surface area contributed by atoms with Crippen LogP contribution >= 0.6 is 0 Å². The van der Waals surface area contributed by atoms with E-state index in [4.69, 9.17) is 5.11 Å². The summed E-state index contributed by atoms with van der Waals surface area (Å²) in [5.74, 6) is -2.57. The van der Waals surface area contributed by atoms with Crippen molar-refractivity contribution in [2.24, 2.45) is 0 Å². The second-order valence-corrected chi connectivity index (χ2v) is 6.21. The molecule has 0 aromatic heterocycles. The minimum atomic E-state index is -4.22. The highest BCUT2D eigenvalue weighted by molar-refractivity contribution is 7.92. The average Bonchev–Trinajstić information content (AvgIpc) is 2.46. The van der Waals surface area contributed by atoms with E-state index in [9.17, 15) is 21.6 Å². The van der Waals surface area contributed by atoms with Gasteiger partial charge in [-0.3, -0.25) is 4.31 Å². The van der Waals surface area contributed by atoms with E-state index in [1.54, 1.807) is 0 Å². The molecular formula is C14H12F3NO3S. The van der Waals surface area contributed by atoms with Crippen molar-refractivity contribution in [3.05, 3.63) is 59.9 Å². The van der Waals surface area contributed by atoms with Crippen LogP contribution < -0.4 is 4.31 Å². The van der Waals surface area contributed by atoms with Crippen LogP contribution in [0.25, 0.3) is 0 Å². The van der Waals surface area contributed by atoms with Crippen LogP contribution in [0.5, 0.6) is 0 Å². The number of nitrogens with zero attached hydrogens (tertiary/aromatic N) is 1. The highest BCUT2D eigenvalue weighted by Crippen LogP contribution is 2.26. The van der Waals surface area contributed by atoms with Crippen LogP contribution in [0, 0.1) is 17.5 Å². The monoisotopic (exact) mass is 331 g/mol. The number of hydrogen-bond acceptors (Lipinski definition) is 3. The van der Waals surface area contributed by atoms with E-state index in [0.29, 0.717) is 10.4 Å². The average molecular weight is 331 g/mol. The van der Waals surface area contributed by atoms with E-state index in [1.165, 1.54) is 0 Å².